The molecule has 95 heavy (non-hydrogen) atoms. The van der Waals surface area contributed by atoms with Crippen molar-refractivity contribution < 1.29 is 441 Å². The first-order valence-electron chi connectivity index (χ1n) is 13.1. The van der Waals surface area contributed by atoms with E-state index in [1.807, 2.05) is 0 Å². The molecule has 0 heterocycles. The Bertz CT molecular complexity index is 2240. The molecule has 72 nitrogen and oxygen atoms in total. The maximum atomic E-state index is 8.88. The Morgan fingerprint density at radius 1 is 0.147 bits per heavy atom. The average molecular weight is 2210 g/mol. The van der Waals surface area contributed by atoms with Gasteiger partial charge in [0.05, 0.1) is 0 Å². The third-order valence-corrected chi connectivity index (χ3v) is 0. The van der Waals surface area contributed by atoms with Crippen LogP contribution in [0.1, 0.15) is 0 Å². The third kappa shape index (κ3) is 56900. The van der Waals surface area contributed by atoms with Gasteiger partial charge in [0.1, 0.15) is 0 Å². The van der Waals surface area contributed by atoms with Crippen LogP contribution < -0.4 is 88.1 Å². The quantitative estimate of drug-likeness (QED) is 0.0463. The van der Waals surface area contributed by atoms with Gasteiger partial charge in [0.2, 0.25) is 0 Å². The van der Waals surface area contributed by atoms with E-state index < -0.39 is 156 Å². The van der Waals surface area contributed by atoms with Gasteiger partial charge < -0.3 is 258 Å². The molecule has 0 amide bonds. The minimum Gasteiger partial charge on any atom is -0.822 e. The summed E-state index contributed by atoms with van der Waals surface area (Å²) < 4.78 is 309. The van der Waals surface area contributed by atoms with Crippen molar-refractivity contribution in [2.45, 2.75) is 0 Å². The van der Waals surface area contributed by atoms with Crippen LogP contribution in [-0.2, 0) is 223 Å². The zero-order chi connectivity index (χ0) is 81.0. The first kappa shape index (κ1) is 165. The van der Waals surface area contributed by atoms with E-state index in [0.717, 1.165) is 0 Å². The van der Waals surface area contributed by atoms with Crippen molar-refractivity contribution in [2.75, 3.05) is 0 Å². The minimum atomic E-state index is -5.39. The van der Waals surface area contributed by atoms with E-state index in [-0.39, 0.29) is 105 Å². The molecule has 0 aromatic heterocycles. The fourth-order valence-electron chi connectivity index (χ4n) is 0. The molecule has 606 valence electrons. The van der Waals surface area contributed by atoms with Crippen LogP contribution in [0.25, 0.3) is 0 Å². The molecule has 0 aliphatic heterocycles. The molecule has 0 radical (unpaired) electrons. The Morgan fingerprint density at radius 2 is 0.147 bits per heavy atom. The monoisotopic (exact) mass is 2220 g/mol. The standard InChI is InChI=1S/5Mo.12H3O4P.6H2O4S/c;;;;;18*1-5(2,3)4/h;;;;;12*(H3,1,2,3,4);6*(H2,1,2,3,4)/p-30. The zero-order valence-electron chi connectivity index (χ0n) is 40.0. The second kappa shape index (κ2) is 73.5. The number of phosphoric acid groups is 12. The summed E-state index contributed by atoms with van der Waals surface area (Å²) in [6.07, 6.45) is 0. The molecule has 0 bridgehead atoms. The number of hydrogen-bond acceptors (Lipinski definition) is 54. The van der Waals surface area contributed by atoms with Gasteiger partial charge in [-0.2, -0.15) is 46.9 Å². The summed E-state index contributed by atoms with van der Waals surface area (Å²) in [5.74, 6) is 0. The molecule has 0 aliphatic rings. The van der Waals surface area contributed by atoms with Gasteiger partial charge >= 0.3 is 46.9 Å². The normalized spacial score (nSPS) is 11.1. The van der Waals surface area contributed by atoms with Crippen molar-refractivity contribution in [1.82, 2.24) is 0 Å². The van der Waals surface area contributed by atoms with Crippen LogP contribution in [0.15, 0.2) is 0 Å². The summed E-state index contributed by atoms with van der Waals surface area (Å²) in [6, 6.07) is 0. The van der Waals surface area contributed by atoms with E-state index in [0.29, 0.717) is 0 Å². The predicted octanol–water partition coefficient (Wildman–Crippen LogP) is -30.6. The number of hydrogen-bond donors (Lipinski definition) is 18. The Kier molecular flexibility index (Phi) is 127. The third-order valence-electron chi connectivity index (χ3n) is 0. The largest absolute Gasteiger partial charge is 0.822 e. The molecule has 18 N–H and O–H groups in total. The second-order valence-electron chi connectivity index (χ2n) is 8.21. The molecule has 0 aromatic carbocycles. The van der Waals surface area contributed by atoms with Gasteiger partial charge in [0, 0.05) is 168 Å². The van der Waals surface area contributed by atoms with E-state index in [1.165, 1.54) is 0 Å². The van der Waals surface area contributed by atoms with Crippen LogP contribution in [0, 0.1) is 0 Å². The van der Waals surface area contributed by atoms with Crippen molar-refractivity contribution >= 4 is 156 Å². The summed E-state index contributed by atoms with van der Waals surface area (Å²) in [5.41, 5.74) is 0. The first-order chi connectivity index (χ1) is 36.0. The van der Waals surface area contributed by atoms with E-state index in [2.05, 4.69) is 0 Å². The summed E-state index contributed by atoms with van der Waals surface area (Å²) in [7, 11) is -91.2. The van der Waals surface area contributed by atoms with Crippen LogP contribution in [0.5, 0.6) is 0 Å². The van der Waals surface area contributed by atoms with Crippen LogP contribution in [-0.4, -0.2) is 193 Å². The average Bonchev–Trinajstić information content (AvgIpc) is 2.79. The van der Waals surface area contributed by atoms with Crippen molar-refractivity contribution in [3.05, 3.63) is 0 Å². The summed E-state index contributed by atoms with van der Waals surface area (Å²) in [5, 5.41) is 0. The fourth-order valence-corrected chi connectivity index (χ4v) is 0. The van der Waals surface area contributed by atoms with Crippen molar-refractivity contribution in [3.8, 4) is 0 Å². The maximum absolute atomic E-state index is 8.88. The van der Waals surface area contributed by atoms with Crippen molar-refractivity contribution in [3.63, 3.8) is 0 Å². The van der Waals surface area contributed by atoms with E-state index in [1.54, 1.807) is 0 Å². The van der Waals surface area contributed by atoms with Crippen molar-refractivity contribution in [2.24, 2.45) is 0 Å². The Morgan fingerprint density at radius 3 is 0.147 bits per heavy atom. The van der Waals surface area contributed by atoms with Gasteiger partial charge in [0.15, 0.2) is 0 Å². The minimum absolute atomic E-state index is 0. The molecule has 0 unspecified atom stereocenters. The number of rotatable bonds is 0. The Labute approximate surface area is 592 Å². The van der Waals surface area contributed by atoms with Gasteiger partial charge in [-0.1, -0.05) is 0 Å². The van der Waals surface area contributed by atoms with Gasteiger partial charge in [0.25, 0.3) is 0 Å². The molecule has 95 heteroatoms. The van der Waals surface area contributed by atoms with E-state index in [4.69, 9.17) is 336 Å². The maximum Gasteiger partial charge on any atom is 0.466 e. The van der Waals surface area contributed by atoms with Gasteiger partial charge in [-0.05, 0) is 0 Å². The predicted molar refractivity (Wildman–Crippen MR) is 194 cm³/mol. The van der Waals surface area contributed by atoms with Crippen molar-refractivity contribution in [1.29, 1.82) is 0 Å². The molecule has 0 aliphatic carbocycles. The van der Waals surface area contributed by atoms with Gasteiger partial charge in [-0.15, -0.1) is 0 Å². The summed E-state index contributed by atoms with van der Waals surface area (Å²) in [4.78, 5) is 283. The molecule has 0 atom stereocenters. The summed E-state index contributed by atoms with van der Waals surface area (Å²) >= 11 is 0. The van der Waals surface area contributed by atoms with Gasteiger partial charge in [-0.25, -0.2) is 27.4 Å². The van der Waals surface area contributed by atoms with Gasteiger partial charge in [-0.3, -0.25) is 50.5 Å². The first-order valence-corrected chi connectivity index (χ1v) is 39.2. The van der Waals surface area contributed by atoms with E-state index >= 15 is 0 Å². The topological polar surface area (TPSA) is 1470 Å². The molecule has 0 rings (SSSR count). The summed E-state index contributed by atoms with van der Waals surface area (Å²) in [6.45, 7) is 0. The smallest absolute Gasteiger partial charge is 0.466 e. The van der Waals surface area contributed by atoms with Crippen LogP contribution in [0.3, 0.4) is 0 Å². The zero-order valence-corrected chi connectivity index (χ0v) is 65.6. The molecule has 0 saturated carbocycles. The van der Waals surface area contributed by atoms with Crippen LogP contribution in [0.4, 0.5) is 0 Å². The van der Waals surface area contributed by atoms with Crippen LogP contribution >= 0.6 is 93.9 Å². The SMILES string of the molecule is O=P(O)(O)O.O=P(O)(O)O.O=P(O)(O)O.O=P(O)(O)O.O=P(O)(O)O.O=P(O)(O)O.O=P([O-])([O-])[O-].O=P([O-])([O-])[O-].O=P([O-])([O-])[O-].O=P([O-])([O-])[O-].O=P([O-])([O-])[O-].O=P([O-])([O-])[O-].O=S(=O)([O-])[O-].O=S(=O)([O-])[O-].O=S(=O)([O-])[O-].O=S(=O)([O-])[O-].O=S(=O)([O-])[O-].O=S(=O)([O-])[O-].[Mo].[Mo].[Mo].[Mo].[Mo]. The molecule has 0 aromatic rings. The van der Waals surface area contributed by atoms with E-state index in [9.17, 15) is 0 Å². The Hall–Kier alpha value is 3.98. The Balaban J connectivity index is -0.0000000274. The fraction of sp³-hybridized carbons (Fsp3) is 0. The molecular weight excluding hydrogens is 2200 g/mol. The molecule has 0 saturated heterocycles. The molecular formula is H18Mo5O72P12S6-30. The molecule has 0 fully saturated rings. The molecule has 0 spiro atoms. The van der Waals surface area contributed by atoms with Crippen LogP contribution in [0.2, 0.25) is 0 Å². The second-order valence-corrected chi connectivity index (χ2v) is 24.6.